The van der Waals surface area contributed by atoms with Crippen molar-refractivity contribution in [3.05, 3.63) is 58.4 Å². The number of aromatic nitrogens is 2. The predicted molar refractivity (Wildman–Crippen MR) is 130 cm³/mol. The Morgan fingerprint density at radius 3 is 2.71 bits per heavy atom. The lowest BCUT2D eigenvalue weighted by Crippen LogP contribution is -2.37. The highest BCUT2D eigenvalue weighted by atomic mass is 79.9. The van der Waals surface area contributed by atoms with E-state index in [1.807, 2.05) is 16.8 Å². The van der Waals surface area contributed by atoms with Crippen LogP contribution in [0, 0.1) is 5.82 Å². The number of nitrogens with zero attached hydrogens (tertiary/aromatic N) is 2. The zero-order valence-electron chi connectivity index (χ0n) is 19.5. The number of hydrogen-bond acceptors (Lipinski definition) is 5. The van der Waals surface area contributed by atoms with Gasteiger partial charge in [0.1, 0.15) is 23.8 Å². The lowest BCUT2D eigenvalue weighted by Gasteiger charge is -2.25. The standard InChI is InChI=1S/C25H29BrFN3O4/c1-25(2,3)34-24(31)29-20(16-7-9-17(27)10-8-16)15-33-23-18-14-28-30(21(18)12-11-19(23)26)22-6-4-5-13-32-22/h7-12,14,20,22H,4-6,13,15H2,1-3H3,(H,29,31)/t20-,22?/m0/s1. The zero-order chi connectivity index (χ0) is 24.3. The minimum Gasteiger partial charge on any atom is -0.489 e. The maximum absolute atomic E-state index is 13.5. The molecular weight excluding hydrogens is 505 g/mol. The molecule has 0 spiro atoms. The van der Waals surface area contributed by atoms with Gasteiger partial charge in [0, 0.05) is 6.61 Å². The van der Waals surface area contributed by atoms with Gasteiger partial charge in [-0.3, -0.25) is 0 Å². The van der Waals surface area contributed by atoms with Gasteiger partial charge in [-0.25, -0.2) is 13.9 Å². The van der Waals surface area contributed by atoms with E-state index in [-0.39, 0.29) is 18.7 Å². The second-order valence-electron chi connectivity index (χ2n) is 9.28. The van der Waals surface area contributed by atoms with Crippen LogP contribution in [0.5, 0.6) is 5.75 Å². The van der Waals surface area contributed by atoms with E-state index >= 15 is 0 Å². The monoisotopic (exact) mass is 533 g/mol. The van der Waals surface area contributed by atoms with Crippen LogP contribution < -0.4 is 10.1 Å². The number of halogens is 2. The first-order valence-corrected chi connectivity index (χ1v) is 12.2. The molecule has 7 nitrogen and oxygen atoms in total. The molecule has 1 saturated heterocycles. The summed E-state index contributed by atoms with van der Waals surface area (Å²) in [6, 6.07) is 9.27. The largest absolute Gasteiger partial charge is 0.489 e. The molecule has 3 aromatic rings. The summed E-state index contributed by atoms with van der Waals surface area (Å²) in [6.45, 7) is 6.21. The predicted octanol–water partition coefficient (Wildman–Crippen LogP) is 6.28. The molecule has 1 amide bonds. The molecule has 1 N–H and O–H groups in total. The molecule has 2 heterocycles. The third-order valence-corrected chi connectivity index (χ3v) is 6.09. The van der Waals surface area contributed by atoms with E-state index in [0.29, 0.717) is 11.3 Å². The van der Waals surface area contributed by atoms with E-state index in [0.717, 1.165) is 41.2 Å². The van der Waals surface area contributed by atoms with Crippen molar-refractivity contribution in [2.45, 2.75) is 57.9 Å². The van der Waals surface area contributed by atoms with Crippen LogP contribution in [0.15, 0.2) is 47.1 Å². The molecule has 1 unspecified atom stereocenters. The van der Waals surface area contributed by atoms with E-state index in [4.69, 9.17) is 14.2 Å². The smallest absolute Gasteiger partial charge is 0.408 e. The highest BCUT2D eigenvalue weighted by Crippen LogP contribution is 2.36. The SMILES string of the molecule is CC(C)(C)OC(=O)N[C@@H](COc1c(Br)ccc2c1cnn2C1CCCCO1)c1ccc(F)cc1. The molecule has 182 valence electrons. The second-order valence-corrected chi connectivity index (χ2v) is 10.1. The Kier molecular flexibility index (Phi) is 7.42. The molecule has 0 aliphatic carbocycles. The van der Waals surface area contributed by atoms with Crippen molar-refractivity contribution in [3.63, 3.8) is 0 Å². The number of rotatable bonds is 6. The van der Waals surface area contributed by atoms with Gasteiger partial charge in [0.25, 0.3) is 0 Å². The Morgan fingerprint density at radius 2 is 2.03 bits per heavy atom. The Morgan fingerprint density at radius 1 is 1.26 bits per heavy atom. The molecule has 4 rings (SSSR count). The van der Waals surface area contributed by atoms with E-state index in [2.05, 4.69) is 26.3 Å². The maximum atomic E-state index is 13.5. The van der Waals surface area contributed by atoms with Crippen LogP contribution in [0.1, 0.15) is 57.9 Å². The Balaban J connectivity index is 1.58. The number of fused-ring (bicyclic) bond motifs is 1. The van der Waals surface area contributed by atoms with Gasteiger partial charge in [-0.1, -0.05) is 12.1 Å². The number of nitrogens with one attached hydrogen (secondary N) is 1. The van der Waals surface area contributed by atoms with Crippen LogP contribution in [0.4, 0.5) is 9.18 Å². The molecule has 0 bridgehead atoms. The average Bonchev–Trinajstić information content (AvgIpc) is 3.22. The first-order valence-electron chi connectivity index (χ1n) is 11.4. The van der Waals surface area contributed by atoms with Gasteiger partial charge in [-0.2, -0.15) is 5.10 Å². The van der Waals surface area contributed by atoms with Crippen LogP contribution in [0.25, 0.3) is 10.9 Å². The highest BCUT2D eigenvalue weighted by molar-refractivity contribution is 9.10. The number of carbonyl (C=O) groups excluding carboxylic acids is 1. The molecule has 0 radical (unpaired) electrons. The number of carbonyl (C=O) groups is 1. The fourth-order valence-corrected chi connectivity index (χ4v) is 4.36. The van der Waals surface area contributed by atoms with E-state index < -0.39 is 17.7 Å². The molecular formula is C25H29BrFN3O4. The van der Waals surface area contributed by atoms with Crippen LogP contribution in [-0.4, -0.2) is 34.7 Å². The lowest BCUT2D eigenvalue weighted by atomic mass is 10.1. The molecule has 2 atom stereocenters. The topological polar surface area (TPSA) is 74.6 Å². The van der Waals surface area contributed by atoms with Crippen molar-refractivity contribution in [2.75, 3.05) is 13.2 Å². The first-order chi connectivity index (χ1) is 16.2. The fraction of sp³-hybridized carbons (Fsp3) is 0.440. The van der Waals surface area contributed by atoms with Gasteiger partial charge < -0.3 is 19.5 Å². The number of benzene rings is 2. The maximum Gasteiger partial charge on any atom is 0.408 e. The summed E-state index contributed by atoms with van der Waals surface area (Å²) in [6.07, 6.45) is 4.16. The quantitative estimate of drug-likeness (QED) is 0.403. The van der Waals surface area contributed by atoms with Crippen molar-refractivity contribution in [1.29, 1.82) is 0 Å². The third kappa shape index (κ3) is 5.88. The first kappa shape index (κ1) is 24.5. The summed E-state index contributed by atoms with van der Waals surface area (Å²) >= 11 is 3.57. The van der Waals surface area contributed by atoms with Gasteiger partial charge in [-0.05, 0) is 85.8 Å². The minimum atomic E-state index is -0.650. The molecule has 1 aliphatic rings. The number of ether oxygens (including phenoxy) is 3. The van der Waals surface area contributed by atoms with Crippen molar-refractivity contribution < 1.29 is 23.4 Å². The van der Waals surface area contributed by atoms with Crippen molar-refractivity contribution in [3.8, 4) is 5.75 Å². The van der Waals surface area contributed by atoms with Crippen LogP contribution in [-0.2, 0) is 9.47 Å². The van der Waals surface area contributed by atoms with Crippen molar-refractivity contribution in [2.24, 2.45) is 0 Å². The van der Waals surface area contributed by atoms with Gasteiger partial charge in [-0.15, -0.1) is 0 Å². The van der Waals surface area contributed by atoms with E-state index in [9.17, 15) is 9.18 Å². The molecule has 1 aromatic heterocycles. The normalized spacial score (nSPS) is 17.4. The average molecular weight is 534 g/mol. The molecule has 9 heteroatoms. The molecule has 2 aromatic carbocycles. The van der Waals surface area contributed by atoms with Crippen molar-refractivity contribution >= 4 is 32.9 Å². The summed E-state index contributed by atoms with van der Waals surface area (Å²) < 4.78 is 33.7. The fourth-order valence-electron chi connectivity index (χ4n) is 3.89. The Bertz CT molecular complexity index is 1140. The van der Waals surface area contributed by atoms with Gasteiger partial charge >= 0.3 is 6.09 Å². The minimum absolute atomic E-state index is 0.0962. The van der Waals surface area contributed by atoms with E-state index in [1.165, 1.54) is 12.1 Å². The summed E-state index contributed by atoms with van der Waals surface area (Å²) in [5.74, 6) is 0.253. The van der Waals surface area contributed by atoms with Crippen LogP contribution in [0.3, 0.4) is 0 Å². The van der Waals surface area contributed by atoms with E-state index in [1.54, 1.807) is 39.1 Å². The third-order valence-electron chi connectivity index (χ3n) is 5.47. The Hall–Kier alpha value is -2.65. The number of amides is 1. The van der Waals surface area contributed by atoms with Gasteiger partial charge in [0.05, 0.1) is 27.6 Å². The molecule has 34 heavy (non-hydrogen) atoms. The lowest BCUT2D eigenvalue weighted by molar-refractivity contribution is -0.0366. The number of hydrogen-bond donors (Lipinski definition) is 1. The van der Waals surface area contributed by atoms with Gasteiger partial charge in [0.2, 0.25) is 0 Å². The summed E-state index contributed by atoms with van der Waals surface area (Å²) in [5.41, 5.74) is 0.952. The van der Waals surface area contributed by atoms with Crippen LogP contribution in [0.2, 0.25) is 0 Å². The Labute approximate surface area is 206 Å². The highest BCUT2D eigenvalue weighted by Gasteiger charge is 2.24. The summed E-state index contributed by atoms with van der Waals surface area (Å²) in [5, 5.41) is 8.24. The second kappa shape index (κ2) is 10.3. The van der Waals surface area contributed by atoms with Crippen LogP contribution >= 0.6 is 15.9 Å². The molecule has 0 saturated carbocycles. The molecule has 1 fully saturated rings. The summed E-state index contributed by atoms with van der Waals surface area (Å²) in [7, 11) is 0. The molecule has 1 aliphatic heterocycles. The summed E-state index contributed by atoms with van der Waals surface area (Å²) in [4.78, 5) is 12.5. The number of alkyl carbamates (subject to hydrolysis) is 1. The van der Waals surface area contributed by atoms with Gasteiger partial charge in [0.15, 0.2) is 6.23 Å². The zero-order valence-corrected chi connectivity index (χ0v) is 21.1. The van der Waals surface area contributed by atoms with Crippen molar-refractivity contribution in [1.82, 2.24) is 15.1 Å².